The first-order valence-corrected chi connectivity index (χ1v) is 7.48. The molecule has 1 saturated carbocycles. The minimum atomic E-state index is 0.552. The molecule has 2 heteroatoms. The second kappa shape index (κ2) is 6.42. The fraction of sp³-hybridized carbons (Fsp3) is 0.647. The number of ether oxygens (including phenoxy) is 1. The van der Waals surface area contributed by atoms with Gasteiger partial charge in [0, 0.05) is 12.6 Å². The van der Waals surface area contributed by atoms with Gasteiger partial charge in [0.25, 0.3) is 0 Å². The molecule has 0 atom stereocenters. The molecule has 0 spiro atoms. The van der Waals surface area contributed by atoms with Gasteiger partial charge in [-0.25, -0.2) is 0 Å². The summed E-state index contributed by atoms with van der Waals surface area (Å²) in [5.41, 5.74) is 1.80. The van der Waals surface area contributed by atoms with E-state index >= 15 is 0 Å². The Morgan fingerprint density at radius 1 is 1.26 bits per heavy atom. The lowest BCUT2D eigenvalue weighted by Crippen LogP contribution is -2.37. The van der Waals surface area contributed by atoms with Crippen molar-refractivity contribution in [1.82, 2.24) is 5.32 Å². The molecule has 0 aliphatic heterocycles. The lowest BCUT2D eigenvalue weighted by Gasteiger charge is -2.34. The van der Waals surface area contributed by atoms with E-state index in [1.54, 1.807) is 0 Å². The molecular formula is C17H27NO. The number of nitrogens with one attached hydrogen (secondary N) is 1. The van der Waals surface area contributed by atoms with E-state index in [1.165, 1.54) is 31.2 Å². The smallest absolute Gasteiger partial charge is 0.119 e. The molecule has 0 amide bonds. The maximum atomic E-state index is 5.76. The Morgan fingerprint density at radius 2 is 2.00 bits per heavy atom. The van der Waals surface area contributed by atoms with E-state index in [0.717, 1.165) is 18.9 Å². The first-order valence-electron chi connectivity index (χ1n) is 7.48. The Balaban J connectivity index is 1.62. The average Bonchev–Trinajstić information content (AvgIpc) is 2.36. The Morgan fingerprint density at radius 3 is 2.68 bits per heavy atom. The zero-order chi connectivity index (χ0) is 13.7. The van der Waals surface area contributed by atoms with Crippen molar-refractivity contribution in [3.8, 4) is 5.75 Å². The van der Waals surface area contributed by atoms with Gasteiger partial charge >= 0.3 is 0 Å². The van der Waals surface area contributed by atoms with E-state index in [9.17, 15) is 0 Å². The molecule has 0 saturated heterocycles. The molecule has 2 rings (SSSR count). The molecule has 2 nitrogen and oxygen atoms in total. The third-order valence-corrected chi connectivity index (χ3v) is 4.13. The van der Waals surface area contributed by atoms with Crippen LogP contribution in [0, 0.1) is 12.3 Å². The van der Waals surface area contributed by atoms with Gasteiger partial charge in [-0.15, -0.1) is 0 Å². The van der Waals surface area contributed by atoms with Crippen LogP contribution >= 0.6 is 0 Å². The van der Waals surface area contributed by atoms with Gasteiger partial charge in [0.2, 0.25) is 0 Å². The summed E-state index contributed by atoms with van der Waals surface area (Å²) < 4.78 is 5.76. The topological polar surface area (TPSA) is 21.3 Å². The van der Waals surface area contributed by atoms with Crippen LogP contribution in [0.25, 0.3) is 0 Å². The van der Waals surface area contributed by atoms with Crippen LogP contribution in [0.1, 0.15) is 45.1 Å². The molecule has 1 fully saturated rings. The van der Waals surface area contributed by atoms with E-state index < -0.39 is 0 Å². The number of hydrogen-bond donors (Lipinski definition) is 1. The van der Waals surface area contributed by atoms with Gasteiger partial charge in [-0.3, -0.25) is 0 Å². The standard InChI is InChI=1S/C17H27NO/c1-14-5-4-6-16(13-14)19-12-11-18-15-7-9-17(2,3)10-8-15/h4-6,13,15,18H,7-12H2,1-3H3. The summed E-state index contributed by atoms with van der Waals surface area (Å²) in [4.78, 5) is 0. The maximum absolute atomic E-state index is 5.76. The zero-order valence-electron chi connectivity index (χ0n) is 12.5. The molecule has 19 heavy (non-hydrogen) atoms. The largest absolute Gasteiger partial charge is 0.492 e. The van der Waals surface area contributed by atoms with E-state index in [0.29, 0.717) is 11.5 Å². The first-order chi connectivity index (χ1) is 9.05. The molecule has 1 aliphatic rings. The molecule has 0 aromatic heterocycles. The van der Waals surface area contributed by atoms with E-state index in [4.69, 9.17) is 4.74 Å². The number of aryl methyl sites for hydroxylation is 1. The highest BCUT2D eigenvalue weighted by Crippen LogP contribution is 2.34. The highest BCUT2D eigenvalue weighted by atomic mass is 16.5. The van der Waals surface area contributed by atoms with Crippen molar-refractivity contribution in [2.75, 3.05) is 13.2 Å². The summed E-state index contributed by atoms with van der Waals surface area (Å²) in [6, 6.07) is 8.93. The van der Waals surface area contributed by atoms with E-state index in [1.807, 2.05) is 12.1 Å². The molecule has 0 radical (unpaired) electrons. The first kappa shape index (κ1) is 14.4. The van der Waals surface area contributed by atoms with Gasteiger partial charge in [0.15, 0.2) is 0 Å². The van der Waals surface area contributed by atoms with Gasteiger partial charge in [-0.05, 0) is 55.7 Å². The summed E-state index contributed by atoms with van der Waals surface area (Å²) in [7, 11) is 0. The lowest BCUT2D eigenvalue weighted by molar-refractivity contribution is 0.200. The van der Waals surface area contributed by atoms with Crippen molar-refractivity contribution in [2.24, 2.45) is 5.41 Å². The van der Waals surface area contributed by atoms with Crippen molar-refractivity contribution in [3.63, 3.8) is 0 Å². The van der Waals surface area contributed by atoms with E-state index in [-0.39, 0.29) is 0 Å². The predicted octanol–water partition coefficient (Wildman–Crippen LogP) is 3.93. The molecule has 1 aromatic carbocycles. The molecule has 1 aromatic rings. The minimum absolute atomic E-state index is 0.552. The monoisotopic (exact) mass is 261 g/mol. The lowest BCUT2D eigenvalue weighted by atomic mass is 9.75. The van der Waals surface area contributed by atoms with Gasteiger partial charge in [0.1, 0.15) is 12.4 Å². The predicted molar refractivity (Wildman–Crippen MR) is 80.7 cm³/mol. The number of hydrogen-bond acceptors (Lipinski definition) is 2. The molecule has 0 bridgehead atoms. The molecule has 1 N–H and O–H groups in total. The summed E-state index contributed by atoms with van der Waals surface area (Å²) in [6.07, 6.45) is 5.28. The fourth-order valence-corrected chi connectivity index (χ4v) is 2.74. The van der Waals surface area contributed by atoms with Crippen LogP contribution in [-0.2, 0) is 0 Å². The van der Waals surface area contributed by atoms with Crippen LogP contribution in [0.3, 0.4) is 0 Å². The second-order valence-corrected chi connectivity index (χ2v) is 6.56. The Bertz CT molecular complexity index is 390. The molecule has 106 valence electrons. The fourth-order valence-electron chi connectivity index (χ4n) is 2.74. The van der Waals surface area contributed by atoms with Gasteiger partial charge in [0.05, 0.1) is 0 Å². The van der Waals surface area contributed by atoms with Crippen molar-refractivity contribution in [3.05, 3.63) is 29.8 Å². The van der Waals surface area contributed by atoms with E-state index in [2.05, 4.69) is 38.2 Å². The minimum Gasteiger partial charge on any atom is -0.492 e. The molecular weight excluding hydrogens is 234 g/mol. The quantitative estimate of drug-likeness (QED) is 0.811. The van der Waals surface area contributed by atoms with Gasteiger partial charge in [-0.2, -0.15) is 0 Å². The van der Waals surface area contributed by atoms with Gasteiger partial charge < -0.3 is 10.1 Å². The summed E-state index contributed by atoms with van der Waals surface area (Å²) in [5.74, 6) is 0.978. The van der Waals surface area contributed by atoms with Crippen LogP contribution in [0.2, 0.25) is 0 Å². The average molecular weight is 261 g/mol. The Labute approximate surface area is 117 Å². The Hall–Kier alpha value is -1.02. The highest BCUT2D eigenvalue weighted by molar-refractivity contribution is 5.27. The Kier molecular flexibility index (Phi) is 4.87. The third kappa shape index (κ3) is 4.87. The van der Waals surface area contributed by atoms with Crippen molar-refractivity contribution < 1.29 is 4.74 Å². The van der Waals surface area contributed by atoms with Crippen LogP contribution in [0.5, 0.6) is 5.75 Å². The molecule has 0 heterocycles. The summed E-state index contributed by atoms with van der Waals surface area (Å²) >= 11 is 0. The van der Waals surface area contributed by atoms with Crippen molar-refractivity contribution in [2.45, 2.75) is 52.5 Å². The van der Waals surface area contributed by atoms with Crippen LogP contribution in [-0.4, -0.2) is 19.2 Å². The highest BCUT2D eigenvalue weighted by Gasteiger charge is 2.26. The van der Waals surface area contributed by atoms with Crippen LogP contribution < -0.4 is 10.1 Å². The van der Waals surface area contributed by atoms with Crippen molar-refractivity contribution in [1.29, 1.82) is 0 Å². The van der Waals surface area contributed by atoms with Crippen molar-refractivity contribution >= 4 is 0 Å². The normalized spacial score (nSPS) is 19.3. The van der Waals surface area contributed by atoms with Gasteiger partial charge in [-0.1, -0.05) is 26.0 Å². The second-order valence-electron chi connectivity index (χ2n) is 6.56. The van der Waals surface area contributed by atoms with Crippen LogP contribution in [0.15, 0.2) is 24.3 Å². The number of rotatable bonds is 5. The summed E-state index contributed by atoms with van der Waals surface area (Å²) in [6.45, 7) is 8.55. The number of benzene rings is 1. The summed E-state index contributed by atoms with van der Waals surface area (Å²) in [5, 5.41) is 3.62. The zero-order valence-corrected chi connectivity index (χ0v) is 12.5. The maximum Gasteiger partial charge on any atom is 0.119 e. The third-order valence-electron chi connectivity index (χ3n) is 4.13. The SMILES string of the molecule is Cc1cccc(OCCNC2CCC(C)(C)CC2)c1. The molecule has 0 unspecified atom stereocenters. The van der Waals surface area contributed by atoms with Crippen LogP contribution in [0.4, 0.5) is 0 Å². The molecule has 1 aliphatic carbocycles.